The highest BCUT2D eigenvalue weighted by molar-refractivity contribution is 6.06. The van der Waals surface area contributed by atoms with Gasteiger partial charge in [0.2, 0.25) is 11.7 Å². The zero-order chi connectivity index (χ0) is 20.8. The number of urea groups is 1. The van der Waals surface area contributed by atoms with Crippen LogP contribution in [0, 0.1) is 5.92 Å². The molecular weight excluding hydrogens is 366 g/mol. The van der Waals surface area contributed by atoms with Gasteiger partial charge in [0.15, 0.2) is 11.5 Å². The van der Waals surface area contributed by atoms with Crippen molar-refractivity contribution in [3.63, 3.8) is 0 Å². The average Bonchev–Trinajstić information content (AvgIpc) is 2.92. The van der Waals surface area contributed by atoms with E-state index in [2.05, 4.69) is 10.6 Å². The first kappa shape index (κ1) is 21.3. The van der Waals surface area contributed by atoms with E-state index in [1.165, 1.54) is 21.3 Å². The molecule has 1 aliphatic heterocycles. The second kappa shape index (κ2) is 9.29. The van der Waals surface area contributed by atoms with Crippen molar-refractivity contribution in [1.29, 1.82) is 0 Å². The van der Waals surface area contributed by atoms with Crippen molar-refractivity contribution in [1.82, 2.24) is 15.5 Å². The van der Waals surface area contributed by atoms with Gasteiger partial charge in [-0.25, -0.2) is 4.79 Å². The van der Waals surface area contributed by atoms with Crippen molar-refractivity contribution in [3.05, 3.63) is 17.7 Å². The molecule has 4 amide bonds. The van der Waals surface area contributed by atoms with Crippen molar-refractivity contribution in [2.45, 2.75) is 32.9 Å². The number of hydrogen-bond acceptors (Lipinski definition) is 6. The van der Waals surface area contributed by atoms with Crippen LogP contribution in [0.3, 0.4) is 0 Å². The van der Waals surface area contributed by atoms with Gasteiger partial charge in [-0.2, -0.15) is 0 Å². The first-order chi connectivity index (χ1) is 13.3. The number of carbonyl (C=O) groups excluding carboxylic acids is 3. The summed E-state index contributed by atoms with van der Waals surface area (Å²) in [6.45, 7) is 3.77. The molecular formula is C19H27N3O6. The Hall–Kier alpha value is -2.97. The van der Waals surface area contributed by atoms with Crippen LogP contribution >= 0.6 is 0 Å². The molecule has 28 heavy (non-hydrogen) atoms. The Morgan fingerprint density at radius 1 is 1.14 bits per heavy atom. The molecule has 1 heterocycles. The SMILES string of the molecule is COc1cc(CNC(=O)CN2C(=O)N[C@@H](CC(C)C)C2=O)cc(OC)c1OC. The first-order valence-corrected chi connectivity index (χ1v) is 8.98. The molecule has 1 aromatic rings. The van der Waals surface area contributed by atoms with Crippen LogP contribution in [0.5, 0.6) is 17.2 Å². The molecule has 9 nitrogen and oxygen atoms in total. The minimum atomic E-state index is -0.574. The van der Waals surface area contributed by atoms with E-state index < -0.39 is 18.0 Å². The van der Waals surface area contributed by atoms with E-state index in [0.29, 0.717) is 23.7 Å². The summed E-state index contributed by atoms with van der Waals surface area (Å²) >= 11 is 0. The Morgan fingerprint density at radius 2 is 1.75 bits per heavy atom. The lowest BCUT2D eigenvalue weighted by molar-refractivity contribution is -0.132. The van der Waals surface area contributed by atoms with Crippen LogP contribution in [0.2, 0.25) is 0 Å². The molecule has 1 atom stereocenters. The first-order valence-electron chi connectivity index (χ1n) is 8.98. The number of carbonyl (C=O) groups is 3. The van der Waals surface area contributed by atoms with Crippen LogP contribution in [-0.2, 0) is 16.1 Å². The molecule has 0 unspecified atom stereocenters. The molecule has 1 aliphatic rings. The Morgan fingerprint density at radius 3 is 2.25 bits per heavy atom. The lowest BCUT2D eigenvalue weighted by atomic mass is 10.0. The summed E-state index contributed by atoms with van der Waals surface area (Å²) in [7, 11) is 4.52. The van der Waals surface area contributed by atoms with Gasteiger partial charge in [-0.15, -0.1) is 0 Å². The lowest BCUT2D eigenvalue weighted by Crippen LogP contribution is -2.41. The van der Waals surface area contributed by atoms with Crippen molar-refractivity contribution < 1.29 is 28.6 Å². The normalized spacial score (nSPS) is 16.2. The average molecular weight is 393 g/mol. The quantitative estimate of drug-likeness (QED) is 0.613. The zero-order valence-corrected chi connectivity index (χ0v) is 16.8. The summed E-state index contributed by atoms with van der Waals surface area (Å²) in [5.41, 5.74) is 0.720. The van der Waals surface area contributed by atoms with Crippen LogP contribution in [0.1, 0.15) is 25.8 Å². The van der Waals surface area contributed by atoms with E-state index in [-0.39, 0.29) is 24.9 Å². The van der Waals surface area contributed by atoms with Gasteiger partial charge < -0.3 is 24.8 Å². The number of ether oxygens (including phenoxy) is 3. The van der Waals surface area contributed by atoms with Gasteiger partial charge in [-0.3, -0.25) is 14.5 Å². The van der Waals surface area contributed by atoms with Gasteiger partial charge in [0, 0.05) is 6.54 Å². The van der Waals surface area contributed by atoms with Gasteiger partial charge in [0.25, 0.3) is 5.91 Å². The van der Waals surface area contributed by atoms with Gasteiger partial charge in [0.1, 0.15) is 12.6 Å². The van der Waals surface area contributed by atoms with Crippen molar-refractivity contribution >= 4 is 17.8 Å². The number of imide groups is 1. The van der Waals surface area contributed by atoms with E-state index in [1.54, 1.807) is 12.1 Å². The number of methoxy groups -OCH3 is 3. The summed E-state index contributed by atoms with van der Waals surface area (Å²) in [4.78, 5) is 37.5. The Bertz CT molecular complexity index is 724. The third-order valence-corrected chi connectivity index (χ3v) is 4.33. The van der Waals surface area contributed by atoms with Crippen LogP contribution < -0.4 is 24.8 Å². The Balaban J connectivity index is 1.99. The molecule has 0 saturated carbocycles. The molecule has 0 radical (unpaired) electrons. The summed E-state index contributed by atoms with van der Waals surface area (Å²) in [6.07, 6.45) is 0.536. The fraction of sp³-hybridized carbons (Fsp3) is 0.526. The van der Waals surface area contributed by atoms with Gasteiger partial charge in [0.05, 0.1) is 21.3 Å². The third kappa shape index (κ3) is 4.85. The molecule has 1 fully saturated rings. The van der Waals surface area contributed by atoms with E-state index in [0.717, 1.165) is 10.5 Å². The molecule has 0 spiro atoms. The predicted octanol–water partition coefficient (Wildman–Crippen LogP) is 1.30. The van der Waals surface area contributed by atoms with Gasteiger partial charge >= 0.3 is 6.03 Å². The molecule has 0 aliphatic carbocycles. The number of amides is 4. The highest BCUT2D eigenvalue weighted by Gasteiger charge is 2.38. The number of nitrogens with one attached hydrogen (secondary N) is 2. The maximum absolute atomic E-state index is 12.3. The largest absolute Gasteiger partial charge is 0.493 e. The lowest BCUT2D eigenvalue weighted by Gasteiger charge is -2.16. The topological polar surface area (TPSA) is 106 Å². The van der Waals surface area contributed by atoms with E-state index >= 15 is 0 Å². The molecule has 2 N–H and O–H groups in total. The van der Waals surface area contributed by atoms with E-state index in [9.17, 15) is 14.4 Å². The Labute approximate surface area is 164 Å². The van der Waals surface area contributed by atoms with Crippen LogP contribution in [0.4, 0.5) is 4.79 Å². The Kier molecular flexibility index (Phi) is 7.08. The van der Waals surface area contributed by atoms with Gasteiger partial charge in [-0.05, 0) is 30.0 Å². The molecule has 154 valence electrons. The van der Waals surface area contributed by atoms with Crippen molar-refractivity contribution in [2.24, 2.45) is 5.92 Å². The summed E-state index contributed by atoms with van der Waals surface area (Å²) in [6, 6.07) is 2.32. The second-order valence-electron chi connectivity index (χ2n) is 6.87. The number of benzene rings is 1. The zero-order valence-electron chi connectivity index (χ0n) is 16.8. The molecule has 9 heteroatoms. The minimum Gasteiger partial charge on any atom is -0.493 e. The molecule has 0 aromatic heterocycles. The smallest absolute Gasteiger partial charge is 0.325 e. The third-order valence-electron chi connectivity index (χ3n) is 4.33. The maximum Gasteiger partial charge on any atom is 0.325 e. The summed E-state index contributed by atoms with van der Waals surface area (Å²) in [5, 5.41) is 5.32. The highest BCUT2D eigenvalue weighted by atomic mass is 16.5. The summed E-state index contributed by atoms with van der Waals surface area (Å²) in [5.74, 6) is 0.830. The molecule has 1 saturated heterocycles. The van der Waals surface area contributed by atoms with Crippen LogP contribution in [-0.4, -0.2) is 56.7 Å². The monoisotopic (exact) mass is 393 g/mol. The van der Waals surface area contributed by atoms with Gasteiger partial charge in [-0.1, -0.05) is 13.8 Å². The number of hydrogen-bond donors (Lipinski definition) is 2. The predicted molar refractivity (Wildman–Crippen MR) is 101 cm³/mol. The fourth-order valence-corrected chi connectivity index (χ4v) is 3.00. The van der Waals surface area contributed by atoms with Crippen LogP contribution in [0.25, 0.3) is 0 Å². The second-order valence-corrected chi connectivity index (χ2v) is 6.87. The molecule has 0 bridgehead atoms. The van der Waals surface area contributed by atoms with Crippen molar-refractivity contribution in [3.8, 4) is 17.2 Å². The number of nitrogens with zero attached hydrogens (tertiary/aromatic N) is 1. The van der Waals surface area contributed by atoms with E-state index in [1.807, 2.05) is 13.8 Å². The fourth-order valence-electron chi connectivity index (χ4n) is 3.00. The van der Waals surface area contributed by atoms with Crippen LogP contribution in [0.15, 0.2) is 12.1 Å². The van der Waals surface area contributed by atoms with Crippen molar-refractivity contribution in [2.75, 3.05) is 27.9 Å². The highest BCUT2D eigenvalue weighted by Crippen LogP contribution is 2.38. The standard InChI is InChI=1S/C19H27N3O6/c1-11(2)6-13-18(24)22(19(25)21-13)10-16(23)20-9-12-7-14(26-3)17(28-5)15(8-12)27-4/h7-8,11,13H,6,9-10H2,1-5H3,(H,20,23)(H,21,25)/t13-/m0/s1. The summed E-state index contributed by atoms with van der Waals surface area (Å²) < 4.78 is 15.8. The molecule has 2 rings (SSSR count). The maximum atomic E-state index is 12.3. The molecule has 1 aromatic carbocycles. The van der Waals surface area contributed by atoms with E-state index in [4.69, 9.17) is 14.2 Å². The number of rotatable bonds is 9. The minimum absolute atomic E-state index is 0.175.